The van der Waals surface area contributed by atoms with Gasteiger partial charge in [-0.3, -0.25) is 9.59 Å². The third-order valence-electron chi connectivity index (χ3n) is 7.44. The predicted octanol–water partition coefficient (Wildman–Crippen LogP) is 7.03. The van der Waals surface area contributed by atoms with Crippen molar-refractivity contribution in [2.75, 3.05) is 12.1 Å². The highest BCUT2D eigenvalue weighted by atomic mass is 19.4. The number of hydrogen-bond acceptors (Lipinski definition) is 4. The average molecular weight is 553 g/mol. The summed E-state index contributed by atoms with van der Waals surface area (Å²) in [5, 5.41) is 2.73. The highest BCUT2D eigenvalue weighted by molar-refractivity contribution is 6.02. The Morgan fingerprint density at radius 1 is 0.850 bits per heavy atom. The molecule has 1 aliphatic carbocycles. The third kappa shape index (κ3) is 5.24. The standard InChI is InChI=1S/C31H31F3N2O4/c1-18(2)36(19(3)4)28(37)21-7-5-20(6-8-21)22-13-24(31(32,33)34)15-25(14-22)35-29(38)30(11-12-30)23-9-10-26-27(16-23)40-17-39-26/h5-10,13-16,18-19H,11-12,17H2,1-4H3,(H,35,38). The summed E-state index contributed by atoms with van der Waals surface area (Å²) < 4.78 is 52.4. The molecule has 2 amide bonds. The molecule has 1 heterocycles. The number of hydrogen-bond donors (Lipinski definition) is 1. The van der Waals surface area contributed by atoms with Crippen LogP contribution in [0.4, 0.5) is 18.9 Å². The van der Waals surface area contributed by atoms with Crippen molar-refractivity contribution in [3.05, 3.63) is 77.4 Å². The molecule has 6 nitrogen and oxygen atoms in total. The monoisotopic (exact) mass is 552 g/mol. The van der Waals surface area contributed by atoms with E-state index in [4.69, 9.17) is 9.47 Å². The molecule has 3 aromatic rings. The van der Waals surface area contributed by atoms with Gasteiger partial charge in [0.25, 0.3) is 5.91 Å². The summed E-state index contributed by atoms with van der Waals surface area (Å²) in [7, 11) is 0. The minimum atomic E-state index is -4.62. The van der Waals surface area contributed by atoms with Gasteiger partial charge in [0.1, 0.15) is 0 Å². The molecule has 0 bridgehead atoms. The molecule has 0 aromatic heterocycles. The van der Waals surface area contributed by atoms with Gasteiger partial charge in [-0.1, -0.05) is 18.2 Å². The molecular weight excluding hydrogens is 521 g/mol. The lowest BCUT2D eigenvalue weighted by atomic mass is 9.94. The van der Waals surface area contributed by atoms with Crippen molar-refractivity contribution in [1.29, 1.82) is 0 Å². The number of fused-ring (bicyclic) bond motifs is 1. The molecule has 1 fully saturated rings. The maximum absolute atomic E-state index is 13.9. The first-order valence-electron chi connectivity index (χ1n) is 13.3. The summed E-state index contributed by atoms with van der Waals surface area (Å²) >= 11 is 0. The third-order valence-corrected chi connectivity index (χ3v) is 7.44. The van der Waals surface area contributed by atoms with Gasteiger partial charge < -0.3 is 19.7 Å². The van der Waals surface area contributed by atoms with E-state index in [0.717, 1.165) is 17.7 Å². The predicted molar refractivity (Wildman–Crippen MR) is 145 cm³/mol. The second kappa shape index (κ2) is 10.2. The van der Waals surface area contributed by atoms with Crippen molar-refractivity contribution in [1.82, 2.24) is 4.90 Å². The van der Waals surface area contributed by atoms with Crippen LogP contribution in [0.2, 0.25) is 0 Å². The van der Waals surface area contributed by atoms with Gasteiger partial charge in [0.2, 0.25) is 12.7 Å². The molecule has 0 unspecified atom stereocenters. The van der Waals surface area contributed by atoms with Crippen LogP contribution in [-0.4, -0.2) is 35.6 Å². The first kappa shape index (κ1) is 27.6. The Morgan fingerprint density at radius 2 is 1.50 bits per heavy atom. The lowest BCUT2D eigenvalue weighted by molar-refractivity contribution is -0.137. The lowest BCUT2D eigenvalue weighted by Gasteiger charge is -2.30. The number of nitrogens with one attached hydrogen (secondary N) is 1. The Morgan fingerprint density at radius 3 is 2.10 bits per heavy atom. The Bertz CT molecular complexity index is 1440. The van der Waals surface area contributed by atoms with Gasteiger partial charge in [0, 0.05) is 23.3 Å². The van der Waals surface area contributed by atoms with E-state index in [0.29, 0.717) is 35.5 Å². The van der Waals surface area contributed by atoms with Gasteiger partial charge >= 0.3 is 6.18 Å². The molecule has 210 valence electrons. The van der Waals surface area contributed by atoms with Crippen molar-refractivity contribution in [3.63, 3.8) is 0 Å². The van der Waals surface area contributed by atoms with Crippen LogP contribution in [0.5, 0.6) is 11.5 Å². The fourth-order valence-corrected chi connectivity index (χ4v) is 5.27. The van der Waals surface area contributed by atoms with E-state index in [1.807, 2.05) is 27.7 Å². The molecule has 1 N–H and O–H groups in total. The molecule has 40 heavy (non-hydrogen) atoms. The summed E-state index contributed by atoms with van der Waals surface area (Å²) in [4.78, 5) is 28.2. The van der Waals surface area contributed by atoms with Crippen molar-refractivity contribution in [3.8, 4) is 22.6 Å². The smallest absolute Gasteiger partial charge is 0.416 e. The zero-order chi connectivity index (χ0) is 28.8. The number of nitrogens with zero attached hydrogens (tertiary/aromatic N) is 1. The normalized spacial score (nSPS) is 15.3. The molecule has 0 radical (unpaired) electrons. The molecule has 0 saturated heterocycles. The minimum Gasteiger partial charge on any atom is -0.454 e. The van der Waals surface area contributed by atoms with Gasteiger partial charge in [-0.2, -0.15) is 13.2 Å². The van der Waals surface area contributed by atoms with E-state index >= 15 is 0 Å². The van der Waals surface area contributed by atoms with Crippen molar-refractivity contribution in [2.45, 2.75) is 64.2 Å². The van der Waals surface area contributed by atoms with Gasteiger partial charge in [0.15, 0.2) is 11.5 Å². The maximum Gasteiger partial charge on any atom is 0.416 e. The van der Waals surface area contributed by atoms with E-state index in [-0.39, 0.29) is 41.9 Å². The van der Waals surface area contributed by atoms with E-state index < -0.39 is 17.2 Å². The number of alkyl halides is 3. The van der Waals surface area contributed by atoms with E-state index in [1.54, 1.807) is 47.4 Å². The van der Waals surface area contributed by atoms with E-state index in [9.17, 15) is 22.8 Å². The SMILES string of the molecule is CC(C)N(C(=O)c1ccc(-c2cc(NC(=O)C3(c4ccc5c(c4)OCO5)CC3)cc(C(F)(F)F)c2)cc1)C(C)C. The largest absolute Gasteiger partial charge is 0.454 e. The number of anilines is 1. The Labute approximate surface area is 231 Å². The number of ether oxygens (including phenoxy) is 2. The first-order chi connectivity index (χ1) is 18.9. The average Bonchev–Trinajstić information content (AvgIpc) is 3.58. The highest BCUT2D eigenvalue weighted by Crippen LogP contribution is 2.51. The van der Waals surface area contributed by atoms with Crippen LogP contribution >= 0.6 is 0 Å². The molecule has 1 saturated carbocycles. The van der Waals surface area contributed by atoms with Crippen molar-refractivity contribution < 1.29 is 32.2 Å². The van der Waals surface area contributed by atoms with Crippen LogP contribution in [-0.2, 0) is 16.4 Å². The summed E-state index contributed by atoms with van der Waals surface area (Å²) in [6.45, 7) is 7.84. The van der Waals surface area contributed by atoms with Crippen LogP contribution in [0.3, 0.4) is 0 Å². The minimum absolute atomic E-state index is 0.00534. The van der Waals surface area contributed by atoms with Gasteiger partial charge in [-0.15, -0.1) is 0 Å². The number of amides is 2. The lowest BCUT2D eigenvalue weighted by Crippen LogP contribution is -2.42. The molecule has 0 spiro atoms. The molecular formula is C31H31F3N2O4. The fourth-order valence-electron chi connectivity index (χ4n) is 5.27. The van der Waals surface area contributed by atoms with Crippen LogP contribution in [0.1, 0.15) is 62.0 Å². The first-order valence-corrected chi connectivity index (χ1v) is 13.3. The molecule has 3 aromatic carbocycles. The molecule has 9 heteroatoms. The second-order valence-electron chi connectivity index (χ2n) is 10.9. The molecule has 5 rings (SSSR count). The summed E-state index contributed by atoms with van der Waals surface area (Å²) in [5.74, 6) is 0.618. The van der Waals surface area contributed by atoms with Crippen LogP contribution in [0.25, 0.3) is 11.1 Å². The number of carbonyl (C=O) groups excluding carboxylic acids is 2. The van der Waals surface area contributed by atoms with Crippen LogP contribution in [0, 0.1) is 0 Å². The Balaban J connectivity index is 1.43. The van der Waals surface area contributed by atoms with Gasteiger partial charge in [-0.05, 0) is 99.7 Å². The Hall–Kier alpha value is -4.01. The van der Waals surface area contributed by atoms with Crippen molar-refractivity contribution >= 4 is 17.5 Å². The summed E-state index contributed by atoms with van der Waals surface area (Å²) in [5.41, 5.74) is 0.296. The summed E-state index contributed by atoms with van der Waals surface area (Å²) in [6.07, 6.45) is -3.47. The number of carbonyl (C=O) groups is 2. The van der Waals surface area contributed by atoms with Crippen molar-refractivity contribution in [2.24, 2.45) is 0 Å². The number of rotatable bonds is 7. The molecule has 0 atom stereocenters. The number of halogens is 3. The van der Waals surface area contributed by atoms with E-state index in [2.05, 4.69) is 5.32 Å². The maximum atomic E-state index is 13.9. The number of benzene rings is 3. The quantitative estimate of drug-likeness (QED) is 0.342. The summed E-state index contributed by atoms with van der Waals surface area (Å²) in [6, 6.07) is 15.3. The van der Waals surface area contributed by atoms with Gasteiger partial charge in [0.05, 0.1) is 11.0 Å². The Kier molecular flexibility index (Phi) is 7.02. The molecule has 2 aliphatic rings. The zero-order valence-corrected chi connectivity index (χ0v) is 22.8. The topological polar surface area (TPSA) is 67.9 Å². The van der Waals surface area contributed by atoms with Crippen LogP contribution in [0.15, 0.2) is 60.7 Å². The fraction of sp³-hybridized carbons (Fsp3) is 0.355. The molecule has 1 aliphatic heterocycles. The van der Waals surface area contributed by atoms with Crippen LogP contribution < -0.4 is 14.8 Å². The highest BCUT2D eigenvalue weighted by Gasteiger charge is 2.51. The van der Waals surface area contributed by atoms with E-state index in [1.165, 1.54) is 6.07 Å². The zero-order valence-electron chi connectivity index (χ0n) is 22.8. The second-order valence-corrected chi connectivity index (χ2v) is 10.9. The van der Waals surface area contributed by atoms with Gasteiger partial charge in [-0.25, -0.2) is 0 Å².